The fraction of sp³-hybridized carbons (Fsp3) is 0.875. The average Bonchev–Trinajstić information content (AvgIpc) is 1.98. The second-order valence-corrected chi connectivity index (χ2v) is 3.05. The van der Waals surface area contributed by atoms with E-state index in [-0.39, 0.29) is 30.7 Å². The molecule has 14 heavy (non-hydrogen) atoms. The van der Waals surface area contributed by atoms with Gasteiger partial charge in [-0.15, -0.1) is 24.8 Å². The van der Waals surface area contributed by atoms with Crippen LogP contribution >= 0.6 is 24.8 Å². The summed E-state index contributed by atoms with van der Waals surface area (Å²) in [5.41, 5.74) is 5.21. The largest absolute Gasteiger partial charge is 0.356 e. The summed E-state index contributed by atoms with van der Waals surface area (Å²) in [4.78, 5) is 13.0. The molecule has 0 aliphatic heterocycles. The van der Waals surface area contributed by atoms with Crippen molar-refractivity contribution in [2.24, 2.45) is 5.73 Å². The Bertz CT molecular complexity index is 134. The molecule has 0 aromatic rings. The molecule has 0 aliphatic carbocycles. The minimum atomic E-state index is 0. The summed E-state index contributed by atoms with van der Waals surface area (Å²) >= 11 is 0. The Morgan fingerprint density at radius 2 is 1.93 bits per heavy atom. The molecular weight excluding hydrogens is 225 g/mol. The molecule has 0 saturated heterocycles. The van der Waals surface area contributed by atoms with E-state index in [0.29, 0.717) is 13.0 Å². The van der Waals surface area contributed by atoms with E-state index >= 15 is 0 Å². The average molecular weight is 246 g/mol. The van der Waals surface area contributed by atoms with Gasteiger partial charge in [0.05, 0.1) is 0 Å². The van der Waals surface area contributed by atoms with Crippen LogP contribution < -0.4 is 11.1 Å². The van der Waals surface area contributed by atoms with Crippen LogP contribution in [0.25, 0.3) is 0 Å². The number of hydrogen-bond donors (Lipinski definition) is 2. The summed E-state index contributed by atoms with van der Waals surface area (Å²) < 4.78 is 0. The molecular formula is C8H21Cl2N3O. The van der Waals surface area contributed by atoms with Crippen LogP contribution in [0.15, 0.2) is 0 Å². The third-order valence-electron chi connectivity index (χ3n) is 1.48. The summed E-state index contributed by atoms with van der Waals surface area (Å²) in [7, 11) is 4.03. The standard InChI is InChI=1S/C8H19N3O.2ClH/c1-11(2)7-3-6-10-8(12)4-5-9;;/h3-7,9H2,1-2H3,(H,10,12);2*1H. The van der Waals surface area contributed by atoms with Gasteiger partial charge in [-0.25, -0.2) is 0 Å². The first-order chi connectivity index (χ1) is 5.66. The van der Waals surface area contributed by atoms with Crippen molar-refractivity contribution < 1.29 is 4.79 Å². The number of rotatable bonds is 6. The highest BCUT2D eigenvalue weighted by molar-refractivity contribution is 5.85. The van der Waals surface area contributed by atoms with Gasteiger partial charge in [0.1, 0.15) is 0 Å². The topological polar surface area (TPSA) is 58.4 Å². The number of nitrogens with one attached hydrogen (secondary N) is 1. The lowest BCUT2D eigenvalue weighted by Crippen LogP contribution is -2.28. The molecule has 6 heteroatoms. The highest BCUT2D eigenvalue weighted by Gasteiger charge is 1.97. The van der Waals surface area contributed by atoms with E-state index in [4.69, 9.17) is 5.73 Å². The summed E-state index contributed by atoms with van der Waals surface area (Å²) in [5, 5.41) is 2.79. The third-order valence-corrected chi connectivity index (χ3v) is 1.48. The lowest BCUT2D eigenvalue weighted by molar-refractivity contribution is -0.120. The van der Waals surface area contributed by atoms with Gasteiger partial charge in [0, 0.05) is 19.5 Å². The molecule has 0 bridgehead atoms. The monoisotopic (exact) mass is 245 g/mol. The van der Waals surface area contributed by atoms with Crippen molar-refractivity contribution in [3.05, 3.63) is 0 Å². The number of nitrogens with zero attached hydrogens (tertiary/aromatic N) is 1. The van der Waals surface area contributed by atoms with E-state index in [1.165, 1.54) is 0 Å². The lowest BCUT2D eigenvalue weighted by atomic mass is 10.3. The van der Waals surface area contributed by atoms with Crippen LogP contribution in [0, 0.1) is 0 Å². The van der Waals surface area contributed by atoms with E-state index in [9.17, 15) is 4.79 Å². The summed E-state index contributed by atoms with van der Waals surface area (Å²) in [6.45, 7) is 2.18. The van der Waals surface area contributed by atoms with Crippen LogP contribution in [0.2, 0.25) is 0 Å². The summed E-state index contributed by atoms with van der Waals surface area (Å²) in [6, 6.07) is 0. The SMILES string of the molecule is CN(C)CCCNC(=O)CCN.Cl.Cl. The number of carbonyl (C=O) groups excluding carboxylic acids is 1. The van der Waals surface area contributed by atoms with Crippen molar-refractivity contribution in [2.75, 3.05) is 33.7 Å². The van der Waals surface area contributed by atoms with Gasteiger partial charge in [-0.1, -0.05) is 0 Å². The molecule has 0 heterocycles. The second-order valence-electron chi connectivity index (χ2n) is 3.05. The van der Waals surface area contributed by atoms with Crippen molar-refractivity contribution >= 4 is 30.7 Å². The Labute approximate surface area is 98.4 Å². The molecule has 3 N–H and O–H groups in total. The Morgan fingerprint density at radius 3 is 2.36 bits per heavy atom. The molecule has 88 valence electrons. The molecule has 0 aromatic carbocycles. The minimum Gasteiger partial charge on any atom is -0.356 e. The molecule has 0 aliphatic rings. The van der Waals surface area contributed by atoms with E-state index in [0.717, 1.165) is 19.5 Å². The number of amides is 1. The van der Waals surface area contributed by atoms with Gasteiger partial charge < -0.3 is 16.0 Å². The van der Waals surface area contributed by atoms with E-state index in [2.05, 4.69) is 10.2 Å². The van der Waals surface area contributed by atoms with Crippen LogP contribution in [-0.4, -0.2) is 44.5 Å². The second kappa shape index (κ2) is 13.0. The highest BCUT2D eigenvalue weighted by atomic mass is 35.5. The van der Waals surface area contributed by atoms with E-state index in [1.807, 2.05) is 14.1 Å². The first-order valence-electron chi connectivity index (χ1n) is 4.28. The zero-order chi connectivity index (χ0) is 9.40. The Morgan fingerprint density at radius 1 is 1.36 bits per heavy atom. The van der Waals surface area contributed by atoms with Crippen LogP contribution in [-0.2, 0) is 4.79 Å². The van der Waals surface area contributed by atoms with Gasteiger partial charge in [-0.3, -0.25) is 4.79 Å². The van der Waals surface area contributed by atoms with Crippen LogP contribution in [0.5, 0.6) is 0 Å². The number of nitrogens with two attached hydrogens (primary N) is 1. The Balaban J connectivity index is -0.000000605. The maximum atomic E-state index is 10.9. The van der Waals surface area contributed by atoms with Crippen molar-refractivity contribution in [1.82, 2.24) is 10.2 Å². The van der Waals surface area contributed by atoms with Gasteiger partial charge in [-0.2, -0.15) is 0 Å². The quantitative estimate of drug-likeness (QED) is 0.660. The smallest absolute Gasteiger partial charge is 0.221 e. The molecule has 0 fully saturated rings. The van der Waals surface area contributed by atoms with Gasteiger partial charge in [0.15, 0.2) is 0 Å². The molecule has 0 atom stereocenters. The fourth-order valence-corrected chi connectivity index (χ4v) is 0.843. The molecule has 0 rings (SSSR count). The zero-order valence-electron chi connectivity index (χ0n) is 8.78. The molecule has 0 aromatic heterocycles. The molecule has 4 nitrogen and oxygen atoms in total. The first-order valence-corrected chi connectivity index (χ1v) is 4.28. The molecule has 0 spiro atoms. The highest BCUT2D eigenvalue weighted by Crippen LogP contribution is 1.81. The van der Waals surface area contributed by atoms with E-state index < -0.39 is 0 Å². The van der Waals surface area contributed by atoms with Crippen molar-refractivity contribution in [3.8, 4) is 0 Å². The Kier molecular flexibility index (Phi) is 18.1. The van der Waals surface area contributed by atoms with Gasteiger partial charge >= 0.3 is 0 Å². The minimum absolute atomic E-state index is 0. The number of carbonyl (C=O) groups is 1. The van der Waals surface area contributed by atoms with Crippen LogP contribution in [0.3, 0.4) is 0 Å². The maximum absolute atomic E-state index is 10.9. The molecule has 1 amide bonds. The molecule has 0 saturated carbocycles. The zero-order valence-corrected chi connectivity index (χ0v) is 10.4. The van der Waals surface area contributed by atoms with Crippen molar-refractivity contribution in [2.45, 2.75) is 12.8 Å². The lowest BCUT2D eigenvalue weighted by Gasteiger charge is -2.09. The molecule has 0 radical (unpaired) electrons. The van der Waals surface area contributed by atoms with E-state index in [1.54, 1.807) is 0 Å². The summed E-state index contributed by atoms with van der Waals surface area (Å²) in [6.07, 6.45) is 1.42. The normalized spacial score (nSPS) is 8.86. The number of halogens is 2. The molecule has 0 unspecified atom stereocenters. The van der Waals surface area contributed by atoms with Crippen LogP contribution in [0.4, 0.5) is 0 Å². The third kappa shape index (κ3) is 14.5. The number of hydrogen-bond acceptors (Lipinski definition) is 3. The summed E-state index contributed by atoms with van der Waals surface area (Å²) in [5.74, 6) is 0.0521. The Hall–Kier alpha value is -0.0300. The first kappa shape index (κ1) is 19.5. The predicted octanol–water partition coefficient (Wildman–Crippen LogP) is 0.247. The predicted molar refractivity (Wildman–Crippen MR) is 64.3 cm³/mol. The maximum Gasteiger partial charge on any atom is 0.221 e. The van der Waals surface area contributed by atoms with Gasteiger partial charge in [-0.05, 0) is 27.1 Å². The van der Waals surface area contributed by atoms with Crippen LogP contribution in [0.1, 0.15) is 12.8 Å². The van der Waals surface area contributed by atoms with Gasteiger partial charge in [0.2, 0.25) is 5.91 Å². The van der Waals surface area contributed by atoms with Gasteiger partial charge in [0.25, 0.3) is 0 Å². The fourth-order valence-electron chi connectivity index (χ4n) is 0.843. The van der Waals surface area contributed by atoms with Crippen molar-refractivity contribution in [1.29, 1.82) is 0 Å². The van der Waals surface area contributed by atoms with Crippen molar-refractivity contribution in [3.63, 3.8) is 0 Å².